The predicted octanol–water partition coefficient (Wildman–Crippen LogP) is 1.99. The van der Waals surface area contributed by atoms with E-state index in [0.717, 1.165) is 11.3 Å². The molecular weight excluding hydrogens is 216 g/mol. The lowest BCUT2D eigenvalue weighted by atomic mass is 9.94. The number of carbonyl (C=O) groups is 1. The number of Topliss-reactive ketones (excluding diaryl/α,β-unsaturated/α-hetero) is 1. The predicted molar refractivity (Wildman–Crippen MR) is 62.1 cm³/mol. The maximum atomic E-state index is 12.3. The summed E-state index contributed by atoms with van der Waals surface area (Å²) in [6, 6.07) is 7.72. The minimum atomic E-state index is -0.846. The molecule has 2 aromatic rings. The molecule has 0 spiro atoms. The molecule has 17 heavy (non-hydrogen) atoms. The van der Waals surface area contributed by atoms with Gasteiger partial charge in [-0.1, -0.05) is 18.2 Å². The largest absolute Gasteiger partial charge is 0.479 e. The third-order valence-electron chi connectivity index (χ3n) is 3.03. The van der Waals surface area contributed by atoms with Crippen molar-refractivity contribution in [2.45, 2.75) is 18.9 Å². The summed E-state index contributed by atoms with van der Waals surface area (Å²) in [6.45, 7) is 1.80. The van der Waals surface area contributed by atoms with E-state index in [2.05, 4.69) is 9.97 Å². The van der Waals surface area contributed by atoms with Crippen molar-refractivity contribution in [2.75, 3.05) is 0 Å². The maximum Gasteiger partial charge on any atom is 0.241 e. The molecule has 0 radical (unpaired) electrons. The number of hydrogen-bond donors (Lipinski definition) is 1. The number of nitrogens with zero attached hydrogens (tertiary/aromatic N) is 1. The number of benzene rings is 1. The summed E-state index contributed by atoms with van der Waals surface area (Å²) >= 11 is 0. The lowest BCUT2D eigenvalue weighted by Gasteiger charge is -2.20. The molecule has 1 aliphatic heterocycles. The van der Waals surface area contributed by atoms with Gasteiger partial charge in [-0.05, 0) is 18.6 Å². The van der Waals surface area contributed by atoms with Gasteiger partial charge in [0.05, 0.1) is 0 Å². The molecule has 1 aromatic carbocycles. The SMILES string of the molecule is C[C@]1(C(=O)c2ncc[nH]2)Cc2ccccc2O1. The molecule has 1 aromatic heterocycles. The van der Waals surface area contributed by atoms with Gasteiger partial charge in [0.2, 0.25) is 5.78 Å². The Bertz CT molecular complexity index is 536. The van der Waals surface area contributed by atoms with Crippen molar-refractivity contribution < 1.29 is 9.53 Å². The summed E-state index contributed by atoms with van der Waals surface area (Å²) < 4.78 is 5.77. The molecule has 0 aliphatic carbocycles. The van der Waals surface area contributed by atoms with Gasteiger partial charge >= 0.3 is 0 Å². The zero-order valence-corrected chi connectivity index (χ0v) is 9.43. The Morgan fingerprint density at radius 1 is 1.47 bits per heavy atom. The Hall–Kier alpha value is -2.10. The summed E-state index contributed by atoms with van der Waals surface area (Å²) in [6.07, 6.45) is 3.79. The van der Waals surface area contributed by atoms with Gasteiger partial charge in [-0.2, -0.15) is 0 Å². The zero-order valence-electron chi connectivity index (χ0n) is 9.43. The van der Waals surface area contributed by atoms with Crippen LogP contribution in [0.4, 0.5) is 0 Å². The average molecular weight is 228 g/mol. The Morgan fingerprint density at radius 3 is 3.00 bits per heavy atom. The highest BCUT2D eigenvalue weighted by Crippen LogP contribution is 2.36. The number of para-hydroxylation sites is 1. The van der Waals surface area contributed by atoms with Crippen molar-refractivity contribution in [3.05, 3.63) is 48.0 Å². The van der Waals surface area contributed by atoms with Gasteiger partial charge in [-0.15, -0.1) is 0 Å². The van der Waals surface area contributed by atoms with Crippen molar-refractivity contribution in [3.63, 3.8) is 0 Å². The van der Waals surface area contributed by atoms with Crippen LogP contribution >= 0.6 is 0 Å². The lowest BCUT2D eigenvalue weighted by molar-refractivity contribution is 0.0588. The van der Waals surface area contributed by atoms with Gasteiger partial charge in [-0.25, -0.2) is 4.98 Å². The number of ketones is 1. The molecule has 0 bridgehead atoms. The van der Waals surface area contributed by atoms with Crippen LogP contribution in [0.5, 0.6) is 5.75 Å². The van der Waals surface area contributed by atoms with Gasteiger partial charge < -0.3 is 9.72 Å². The molecule has 4 heteroatoms. The van der Waals surface area contributed by atoms with E-state index >= 15 is 0 Å². The number of H-pyrrole nitrogens is 1. The Balaban J connectivity index is 1.94. The standard InChI is InChI=1S/C13H12N2O2/c1-13(11(16)12-14-6-7-15-12)8-9-4-2-3-5-10(9)17-13/h2-7H,8H2,1H3,(H,14,15)/t13-/m1/s1. The summed E-state index contributed by atoms with van der Waals surface area (Å²) in [4.78, 5) is 19.1. The van der Waals surface area contributed by atoms with Gasteiger partial charge in [0.1, 0.15) is 5.75 Å². The van der Waals surface area contributed by atoms with Crippen LogP contribution in [-0.2, 0) is 6.42 Å². The fourth-order valence-corrected chi connectivity index (χ4v) is 2.16. The third-order valence-corrected chi connectivity index (χ3v) is 3.03. The molecule has 1 atom stereocenters. The summed E-state index contributed by atoms with van der Waals surface area (Å²) in [5, 5.41) is 0. The average Bonchev–Trinajstić information content (AvgIpc) is 2.94. The van der Waals surface area contributed by atoms with Crippen LogP contribution in [0, 0.1) is 0 Å². The molecule has 0 fully saturated rings. The molecular formula is C13H12N2O2. The molecule has 2 heterocycles. The molecule has 0 saturated heterocycles. The van der Waals surface area contributed by atoms with E-state index in [1.54, 1.807) is 19.3 Å². The quantitative estimate of drug-likeness (QED) is 0.800. The number of fused-ring (bicyclic) bond motifs is 1. The highest BCUT2D eigenvalue weighted by molar-refractivity contribution is 6.00. The summed E-state index contributed by atoms with van der Waals surface area (Å²) in [5.74, 6) is 1.02. The Morgan fingerprint density at radius 2 is 2.29 bits per heavy atom. The molecule has 0 unspecified atom stereocenters. The number of aromatic nitrogens is 2. The van der Waals surface area contributed by atoms with E-state index in [0.29, 0.717) is 12.2 Å². The first-order valence-electron chi connectivity index (χ1n) is 5.50. The van der Waals surface area contributed by atoms with E-state index in [9.17, 15) is 4.79 Å². The van der Waals surface area contributed by atoms with E-state index in [-0.39, 0.29) is 5.78 Å². The van der Waals surface area contributed by atoms with Crippen LogP contribution in [0.25, 0.3) is 0 Å². The third kappa shape index (κ3) is 1.53. The van der Waals surface area contributed by atoms with Crippen molar-refractivity contribution in [1.29, 1.82) is 0 Å². The summed E-state index contributed by atoms with van der Waals surface area (Å²) in [7, 11) is 0. The fourth-order valence-electron chi connectivity index (χ4n) is 2.16. The second kappa shape index (κ2) is 3.45. The smallest absolute Gasteiger partial charge is 0.241 e. The number of carbonyl (C=O) groups excluding carboxylic acids is 1. The first kappa shape index (κ1) is 10.1. The molecule has 1 N–H and O–H groups in total. The number of aromatic amines is 1. The van der Waals surface area contributed by atoms with Crippen LogP contribution in [-0.4, -0.2) is 21.4 Å². The number of imidazole rings is 1. The zero-order chi connectivity index (χ0) is 11.9. The monoisotopic (exact) mass is 228 g/mol. The van der Waals surface area contributed by atoms with Gasteiger partial charge in [0.15, 0.2) is 11.4 Å². The number of ether oxygens (including phenoxy) is 1. The Labute approximate surface area is 98.6 Å². The highest BCUT2D eigenvalue weighted by Gasteiger charge is 2.43. The van der Waals surface area contributed by atoms with Gasteiger partial charge in [0, 0.05) is 18.8 Å². The van der Waals surface area contributed by atoms with Gasteiger partial charge in [0.25, 0.3) is 0 Å². The van der Waals surface area contributed by atoms with Crippen molar-refractivity contribution in [1.82, 2.24) is 9.97 Å². The lowest BCUT2D eigenvalue weighted by Crippen LogP contribution is -2.40. The molecule has 86 valence electrons. The first-order chi connectivity index (χ1) is 8.19. The first-order valence-corrected chi connectivity index (χ1v) is 5.50. The van der Waals surface area contributed by atoms with Crippen molar-refractivity contribution in [2.24, 2.45) is 0 Å². The van der Waals surface area contributed by atoms with Crippen LogP contribution in [0.2, 0.25) is 0 Å². The maximum absolute atomic E-state index is 12.3. The normalized spacial score (nSPS) is 21.9. The minimum absolute atomic E-state index is 0.112. The molecule has 4 nitrogen and oxygen atoms in total. The minimum Gasteiger partial charge on any atom is -0.479 e. The topological polar surface area (TPSA) is 55.0 Å². The Kier molecular flexibility index (Phi) is 2.04. The van der Waals surface area contributed by atoms with Crippen molar-refractivity contribution in [3.8, 4) is 5.75 Å². The molecule has 0 amide bonds. The van der Waals surface area contributed by atoms with E-state index in [4.69, 9.17) is 4.74 Å². The number of hydrogen-bond acceptors (Lipinski definition) is 3. The van der Waals surface area contributed by atoms with E-state index < -0.39 is 5.60 Å². The van der Waals surface area contributed by atoms with Crippen LogP contribution in [0.1, 0.15) is 23.1 Å². The fraction of sp³-hybridized carbons (Fsp3) is 0.231. The number of rotatable bonds is 2. The molecule has 0 saturated carbocycles. The van der Waals surface area contributed by atoms with Crippen molar-refractivity contribution >= 4 is 5.78 Å². The second-order valence-electron chi connectivity index (χ2n) is 4.38. The van der Waals surface area contributed by atoms with Crippen LogP contribution in [0.3, 0.4) is 0 Å². The highest BCUT2D eigenvalue weighted by atomic mass is 16.5. The molecule has 1 aliphatic rings. The van der Waals surface area contributed by atoms with Gasteiger partial charge in [-0.3, -0.25) is 4.79 Å². The van der Waals surface area contributed by atoms with Crippen LogP contribution in [0.15, 0.2) is 36.7 Å². The number of nitrogens with one attached hydrogen (secondary N) is 1. The summed E-state index contributed by atoms with van der Waals surface area (Å²) in [5.41, 5.74) is 0.219. The van der Waals surface area contributed by atoms with Crippen LogP contribution < -0.4 is 4.74 Å². The second-order valence-corrected chi connectivity index (χ2v) is 4.38. The molecule has 3 rings (SSSR count). The van der Waals surface area contributed by atoms with E-state index in [1.165, 1.54) is 0 Å². The van der Waals surface area contributed by atoms with E-state index in [1.807, 2.05) is 24.3 Å².